The van der Waals surface area contributed by atoms with Crippen LogP contribution in [0.4, 0.5) is 5.69 Å². The van der Waals surface area contributed by atoms with Crippen molar-refractivity contribution in [3.63, 3.8) is 0 Å². The molecule has 2 aromatic carbocycles. The number of hydrogen-bond donors (Lipinski definition) is 2. The largest absolute Gasteiger partial charge is 0.457 e. The van der Waals surface area contributed by atoms with Crippen LogP contribution in [0.5, 0.6) is 11.5 Å². The second-order valence-corrected chi connectivity index (χ2v) is 6.35. The molecule has 0 atom stereocenters. The lowest BCUT2D eigenvalue weighted by Crippen LogP contribution is -2.52. The third kappa shape index (κ3) is 4.45. The average molecular weight is 370 g/mol. The van der Waals surface area contributed by atoms with Crippen molar-refractivity contribution in [1.29, 1.82) is 0 Å². The lowest BCUT2D eigenvalue weighted by molar-refractivity contribution is 0.0135. The standard InChI is InChI=1S/C20H22N2O5/c1-13(24)18-7-2-14(20(21)25)10-19(18)27-16-5-3-15(4-6-16)22-11-17(12-22)26-9-8-23/h2-7,10,17,23H,8-9,11-12H2,1H3,(H2,21,25). The highest BCUT2D eigenvalue weighted by atomic mass is 16.5. The van der Waals surface area contributed by atoms with Gasteiger partial charge in [-0.25, -0.2) is 0 Å². The van der Waals surface area contributed by atoms with Crippen molar-refractivity contribution in [3.05, 3.63) is 53.6 Å². The van der Waals surface area contributed by atoms with Crippen LogP contribution in [0.15, 0.2) is 42.5 Å². The fraction of sp³-hybridized carbons (Fsp3) is 0.300. The van der Waals surface area contributed by atoms with Crippen molar-refractivity contribution < 1.29 is 24.2 Å². The van der Waals surface area contributed by atoms with E-state index in [4.69, 9.17) is 20.3 Å². The number of ether oxygens (including phenoxy) is 2. The zero-order chi connectivity index (χ0) is 19.4. The molecular weight excluding hydrogens is 348 g/mol. The number of aliphatic hydroxyl groups excluding tert-OH is 1. The predicted molar refractivity (Wildman–Crippen MR) is 101 cm³/mol. The highest BCUT2D eigenvalue weighted by Gasteiger charge is 2.27. The fourth-order valence-electron chi connectivity index (χ4n) is 2.88. The Morgan fingerprint density at radius 1 is 1.19 bits per heavy atom. The molecule has 1 aliphatic heterocycles. The number of benzene rings is 2. The second kappa shape index (κ2) is 8.20. The molecule has 142 valence electrons. The van der Waals surface area contributed by atoms with Crippen molar-refractivity contribution in [2.75, 3.05) is 31.2 Å². The van der Waals surface area contributed by atoms with Gasteiger partial charge in [0.1, 0.15) is 11.5 Å². The normalized spacial score (nSPS) is 13.9. The molecule has 0 saturated carbocycles. The summed E-state index contributed by atoms with van der Waals surface area (Å²) < 4.78 is 11.3. The summed E-state index contributed by atoms with van der Waals surface area (Å²) in [6, 6.07) is 12.0. The first-order valence-corrected chi connectivity index (χ1v) is 8.68. The minimum Gasteiger partial charge on any atom is -0.457 e. The van der Waals surface area contributed by atoms with Crippen molar-refractivity contribution in [2.45, 2.75) is 13.0 Å². The Hall–Kier alpha value is -2.90. The number of rotatable bonds is 8. The molecule has 0 radical (unpaired) electrons. The maximum Gasteiger partial charge on any atom is 0.248 e. The van der Waals surface area contributed by atoms with Crippen LogP contribution in [0.25, 0.3) is 0 Å². The SMILES string of the molecule is CC(=O)c1ccc(C(N)=O)cc1Oc1ccc(N2CC(OCCO)C2)cc1. The number of hydrogen-bond acceptors (Lipinski definition) is 6. The van der Waals surface area contributed by atoms with E-state index in [1.807, 2.05) is 12.1 Å². The number of nitrogens with zero attached hydrogens (tertiary/aromatic N) is 1. The third-order valence-corrected chi connectivity index (χ3v) is 4.37. The summed E-state index contributed by atoms with van der Waals surface area (Å²) in [5, 5.41) is 8.77. The molecule has 7 heteroatoms. The number of nitrogens with two attached hydrogens (primary N) is 1. The van der Waals surface area contributed by atoms with E-state index >= 15 is 0 Å². The zero-order valence-corrected chi connectivity index (χ0v) is 15.1. The number of carbonyl (C=O) groups excluding carboxylic acids is 2. The minimum absolute atomic E-state index is 0.0295. The number of primary amides is 1. The fourth-order valence-corrected chi connectivity index (χ4v) is 2.88. The molecule has 1 heterocycles. The summed E-state index contributed by atoms with van der Waals surface area (Å²) in [7, 11) is 0. The summed E-state index contributed by atoms with van der Waals surface area (Å²) in [6.07, 6.45) is 0.141. The Morgan fingerprint density at radius 3 is 2.48 bits per heavy atom. The summed E-state index contributed by atoms with van der Waals surface area (Å²) in [5.41, 5.74) is 7.00. The molecule has 1 saturated heterocycles. The van der Waals surface area contributed by atoms with Gasteiger partial charge in [-0.05, 0) is 49.4 Å². The van der Waals surface area contributed by atoms with Gasteiger partial charge >= 0.3 is 0 Å². The van der Waals surface area contributed by atoms with Crippen LogP contribution in [0.2, 0.25) is 0 Å². The van der Waals surface area contributed by atoms with Crippen LogP contribution in [0.1, 0.15) is 27.6 Å². The van der Waals surface area contributed by atoms with Crippen LogP contribution < -0.4 is 15.4 Å². The molecule has 2 aromatic rings. The predicted octanol–water partition coefficient (Wildman–Crippen LogP) is 1.98. The van der Waals surface area contributed by atoms with Gasteiger partial charge in [-0.15, -0.1) is 0 Å². The van der Waals surface area contributed by atoms with E-state index in [1.165, 1.54) is 19.1 Å². The van der Waals surface area contributed by atoms with Crippen LogP contribution in [0, 0.1) is 0 Å². The van der Waals surface area contributed by atoms with Gasteiger partial charge in [0.25, 0.3) is 0 Å². The smallest absolute Gasteiger partial charge is 0.248 e. The zero-order valence-electron chi connectivity index (χ0n) is 15.1. The summed E-state index contributed by atoms with van der Waals surface area (Å²) in [5.74, 6) is 0.109. The third-order valence-electron chi connectivity index (χ3n) is 4.37. The Labute approximate surface area is 157 Å². The van der Waals surface area contributed by atoms with E-state index in [9.17, 15) is 9.59 Å². The summed E-state index contributed by atoms with van der Waals surface area (Å²) >= 11 is 0. The second-order valence-electron chi connectivity index (χ2n) is 6.35. The molecule has 0 spiro atoms. The molecule has 7 nitrogen and oxygen atoms in total. The molecule has 1 amide bonds. The first-order valence-electron chi connectivity index (χ1n) is 8.68. The van der Waals surface area contributed by atoms with Gasteiger partial charge in [-0.3, -0.25) is 9.59 Å². The Balaban J connectivity index is 1.69. The number of Topliss-reactive ketones (excluding diaryl/α,β-unsaturated/α-hetero) is 1. The molecule has 3 rings (SSSR count). The van der Waals surface area contributed by atoms with E-state index in [-0.39, 0.29) is 24.1 Å². The minimum atomic E-state index is -0.582. The maximum absolute atomic E-state index is 11.8. The number of aliphatic hydroxyl groups is 1. The number of ketones is 1. The first kappa shape index (κ1) is 18.9. The van der Waals surface area contributed by atoms with Crippen molar-refractivity contribution in [3.8, 4) is 11.5 Å². The van der Waals surface area contributed by atoms with Crippen LogP contribution in [-0.2, 0) is 4.74 Å². The Bertz CT molecular complexity index is 829. The van der Waals surface area contributed by atoms with Gasteiger partial charge in [0.05, 0.1) is 24.9 Å². The number of anilines is 1. The number of amides is 1. The Morgan fingerprint density at radius 2 is 1.89 bits per heavy atom. The van der Waals surface area contributed by atoms with E-state index in [0.29, 0.717) is 23.7 Å². The molecule has 0 aliphatic carbocycles. The van der Waals surface area contributed by atoms with Gasteiger partial charge in [0, 0.05) is 24.3 Å². The number of carbonyl (C=O) groups is 2. The van der Waals surface area contributed by atoms with Gasteiger partial charge in [-0.2, -0.15) is 0 Å². The van der Waals surface area contributed by atoms with E-state index in [0.717, 1.165) is 18.8 Å². The lowest BCUT2D eigenvalue weighted by atomic mass is 10.1. The monoisotopic (exact) mass is 370 g/mol. The molecule has 1 aliphatic rings. The maximum atomic E-state index is 11.8. The molecule has 3 N–H and O–H groups in total. The molecule has 0 unspecified atom stereocenters. The average Bonchev–Trinajstić information content (AvgIpc) is 2.61. The van der Waals surface area contributed by atoms with Crippen LogP contribution >= 0.6 is 0 Å². The molecule has 0 aromatic heterocycles. The Kier molecular flexibility index (Phi) is 5.73. The van der Waals surface area contributed by atoms with Gasteiger partial charge in [-0.1, -0.05) is 0 Å². The van der Waals surface area contributed by atoms with Crippen molar-refractivity contribution >= 4 is 17.4 Å². The quantitative estimate of drug-likeness (QED) is 0.689. The van der Waals surface area contributed by atoms with Crippen LogP contribution in [-0.4, -0.2) is 49.2 Å². The van der Waals surface area contributed by atoms with Gasteiger partial charge in [0.2, 0.25) is 5.91 Å². The molecule has 27 heavy (non-hydrogen) atoms. The van der Waals surface area contributed by atoms with Crippen molar-refractivity contribution in [2.24, 2.45) is 5.73 Å². The van der Waals surface area contributed by atoms with Crippen molar-refractivity contribution in [1.82, 2.24) is 0 Å². The highest BCUT2D eigenvalue weighted by molar-refractivity contribution is 5.99. The van der Waals surface area contributed by atoms with E-state index < -0.39 is 5.91 Å². The lowest BCUT2D eigenvalue weighted by Gasteiger charge is -2.40. The van der Waals surface area contributed by atoms with Crippen LogP contribution in [0.3, 0.4) is 0 Å². The van der Waals surface area contributed by atoms with Gasteiger partial charge in [0.15, 0.2) is 5.78 Å². The topological polar surface area (TPSA) is 102 Å². The van der Waals surface area contributed by atoms with Gasteiger partial charge < -0.3 is 25.2 Å². The summed E-state index contributed by atoms with van der Waals surface area (Å²) in [4.78, 5) is 25.3. The molecule has 0 bridgehead atoms. The van der Waals surface area contributed by atoms with E-state index in [2.05, 4.69) is 4.90 Å². The highest BCUT2D eigenvalue weighted by Crippen LogP contribution is 2.30. The van der Waals surface area contributed by atoms with E-state index in [1.54, 1.807) is 18.2 Å². The molecular formula is C20H22N2O5. The molecule has 1 fully saturated rings. The summed E-state index contributed by atoms with van der Waals surface area (Å²) in [6.45, 7) is 3.37. The first-order chi connectivity index (χ1) is 13.0.